The molecule has 28 heavy (non-hydrogen) atoms. The van der Waals surface area contributed by atoms with Gasteiger partial charge in [-0.25, -0.2) is 13.6 Å². The van der Waals surface area contributed by atoms with Gasteiger partial charge in [-0.1, -0.05) is 24.3 Å². The summed E-state index contributed by atoms with van der Waals surface area (Å²) in [6.07, 6.45) is 0. The minimum atomic E-state index is -0.667. The first-order chi connectivity index (χ1) is 13.4. The quantitative estimate of drug-likeness (QED) is 0.502. The van der Waals surface area contributed by atoms with Gasteiger partial charge in [0.15, 0.2) is 0 Å². The molecule has 0 saturated carbocycles. The predicted octanol–water partition coefficient (Wildman–Crippen LogP) is 5.45. The van der Waals surface area contributed by atoms with Gasteiger partial charge in [0, 0.05) is 24.2 Å². The lowest BCUT2D eigenvalue weighted by Gasteiger charge is -2.09. The van der Waals surface area contributed by atoms with Crippen LogP contribution in [-0.2, 0) is 11.8 Å². The van der Waals surface area contributed by atoms with Crippen molar-refractivity contribution in [1.29, 1.82) is 5.26 Å². The maximum Gasteiger partial charge on any atom is 0.355 e. The zero-order valence-electron chi connectivity index (χ0n) is 15.1. The fourth-order valence-electron chi connectivity index (χ4n) is 3.02. The molecule has 0 saturated heterocycles. The zero-order chi connectivity index (χ0) is 20.4. The molecule has 2 aromatic carbocycles. The molecule has 0 fully saturated rings. The van der Waals surface area contributed by atoms with Crippen LogP contribution in [0.15, 0.2) is 47.1 Å². The Kier molecular flexibility index (Phi) is 5.61. The molecule has 0 aliphatic rings. The Bertz CT molecular complexity index is 1100. The molecule has 1 aromatic heterocycles. The summed E-state index contributed by atoms with van der Waals surface area (Å²) in [6, 6.07) is 12.2. The standard InChI is InChI=1S/C21H15BrF2N2O2/c1-3-28-21(27)19-18(16(11-25)20(22)26(19)2)13-6-4-12(5-7-13)15-9-8-14(23)10-17(15)24/h4-10H,3H2,1-2H3. The summed E-state index contributed by atoms with van der Waals surface area (Å²) in [5.74, 6) is -1.86. The molecule has 142 valence electrons. The summed E-state index contributed by atoms with van der Waals surface area (Å²) in [4.78, 5) is 12.4. The number of hydrogen-bond acceptors (Lipinski definition) is 3. The SMILES string of the molecule is CCOC(=O)c1c(-c2ccc(-c3ccc(F)cc3F)cc2)c(C#N)c(Br)n1C. The van der Waals surface area contributed by atoms with Gasteiger partial charge in [0.25, 0.3) is 0 Å². The van der Waals surface area contributed by atoms with Crippen LogP contribution in [-0.4, -0.2) is 17.1 Å². The molecule has 4 nitrogen and oxygen atoms in total. The summed E-state index contributed by atoms with van der Waals surface area (Å²) in [5, 5.41) is 9.57. The largest absolute Gasteiger partial charge is 0.461 e. The van der Waals surface area contributed by atoms with Crippen molar-refractivity contribution in [3.8, 4) is 28.3 Å². The van der Waals surface area contributed by atoms with E-state index >= 15 is 0 Å². The first kappa shape index (κ1) is 19.8. The molecule has 0 amide bonds. The van der Waals surface area contributed by atoms with Crippen LogP contribution in [0.25, 0.3) is 22.3 Å². The summed E-state index contributed by atoms with van der Waals surface area (Å²) in [7, 11) is 1.66. The number of hydrogen-bond donors (Lipinski definition) is 0. The maximum absolute atomic E-state index is 14.0. The van der Waals surface area contributed by atoms with E-state index in [4.69, 9.17) is 4.74 Å². The Labute approximate surface area is 169 Å². The van der Waals surface area contributed by atoms with E-state index in [-0.39, 0.29) is 17.9 Å². The number of halogens is 3. The maximum atomic E-state index is 14.0. The highest BCUT2D eigenvalue weighted by molar-refractivity contribution is 9.10. The minimum absolute atomic E-state index is 0.200. The number of rotatable bonds is 4. The molecular formula is C21H15BrF2N2O2. The second-order valence-electron chi connectivity index (χ2n) is 5.98. The van der Waals surface area contributed by atoms with E-state index in [9.17, 15) is 18.8 Å². The van der Waals surface area contributed by atoms with Crippen LogP contribution in [0.3, 0.4) is 0 Å². The van der Waals surface area contributed by atoms with Gasteiger partial charge < -0.3 is 9.30 Å². The number of esters is 1. The Morgan fingerprint density at radius 1 is 1.18 bits per heavy atom. The normalized spacial score (nSPS) is 10.6. The van der Waals surface area contributed by atoms with Crippen molar-refractivity contribution in [3.63, 3.8) is 0 Å². The van der Waals surface area contributed by atoms with Crippen LogP contribution >= 0.6 is 15.9 Å². The fourth-order valence-corrected chi connectivity index (χ4v) is 3.48. The molecule has 0 unspecified atom stereocenters. The van der Waals surface area contributed by atoms with Crippen molar-refractivity contribution in [2.75, 3.05) is 6.61 Å². The lowest BCUT2D eigenvalue weighted by molar-refractivity contribution is 0.0516. The summed E-state index contributed by atoms with van der Waals surface area (Å²) in [6.45, 7) is 1.90. The Hall–Kier alpha value is -2.98. The van der Waals surface area contributed by atoms with Gasteiger partial charge in [0.2, 0.25) is 0 Å². The number of carbonyl (C=O) groups is 1. The molecule has 0 N–H and O–H groups in total. The number of ether oxygens (including phenoxy) is 1. The van der Waals surface area contributed by atoms with Crippen LogP contribution in [0.5, 0.6) is 0 Å². The van der Waals surface area contributed by atoms with Crippen LogP contribution in [0.2, 0.25) is 0 Å². The van der Waals surface area contributed by atoms with Crippen molar-refractivity contribution in [3.05, 3.63) is 70.0 Å². The number of benzene rings is 2. The first-order valence-electron chi connectivity index (χ1n) is 8.40. The van der Waals surface area contributed by atoms with E-state index < -0.39 is 17.6 Å². The number of nitrogens with zero attached hydrogens (tertiary/aromatic N) is 2. The van der Waals surface area contributed by atoms with E-state index in [0.717, 1.165) is 6.07 Å². The smallest absolute Gasteiger partial charge is 0.355 e. The highest BCUT2D eigenvalue weighted by Gasteiger charge is 2.26. The molecule has 0 aliphatic heterocycles. The highest BCUT2D eigenvalue weighted by atomic mass is 79.9. The Balaban J connectivity index is 2.13. The second kappa shape index (κ2) is 7.95. The molecule has 0 aliphatic carbocycles. The van der Waals surface area contributed by atoms with Gasteiger partial charge in [-0.3, -0.25) is 0 Å². The van der Waals surface area contributed by atoms with Gasteiger partial charge in [0.05, 0.1) is 12.2 Å². The molecule has 3 aromatic rings. The van der Waals surface area contributed by atoms with E-state index in [1.54, 1.807) is 42.8 Å². The summed E-state index contributed by atoms with van der Waals surface area (Å²) >= 11 is 3.34. The Morgan fingerprint density at radius 2 is 1.82 bits per heavy atom. The summed E-state index contributed by atoms with van der Waals surface area (Å²) < 4.78 is 34.3. The van der Waals surface area contributed by atoms with Crippen LogP contribution < -0.4 is 0 Å². The van der Waals surface area contributed by atoms with Crippen LogP contribution in [0.4, 0.5) is 8.78 Å². The van der Waals surface area contributed by atoms with Crippen molar-refractivity contribution in [1.82, 2.24) is 4.57 Å². The van der Waals surface area contributed by atoms with Gasteiger partial charge in [-0.2, -0.15) is 5.26 Å². The molecule has 0 atom stereocenters. The van der Waals surface area contributed by atoms with Crippen LogP contribution in [0.1, 0.15) is 23.0 Å². The van der Waals surface area contributed by atoms with Gasteiger partial charge in [-0.05, 0) is 46.1 Å². The van der Waals surface area contributed by atoms with E-state index in [2.05, 4.69) is 22.0 Å². The number of carbonyl (C=O) groups excluding carboxylic acids is 1. The monoisotopic (exact) mass is 444 g/mol. The Morgan fingerprint density at radius 3 is 2.39 bits per heavy atom. The van der Waals surface area contributed by atoms with Crippen molar-refractivity contribution < 1.29 is 18.3 Å². The van der Waals surface area contributed by atoms with Crippen molar-refractivity contribution >= 4 is 21.9 Å². The lowest BCUT2D eigenvalue weighted by atomic mass is 9.98. The lowest BCUT2D eigenvalue weighted by Crippen LogP contribution is -2.11. The predicted molar refractivity (Wildman–Crippen MR) is 105 cm³/mol. The van der Waals surface area contributed by atoms with Crippen LogP contribution in [0, 0.1) is 23.0 Å². The van der Waals surface area contributed by atoms with E-state index in [0.29, 0.717) is 26.9 Å². The first-order valence-corrected chi connectivity index (χ1v) is 9.19. The van der Waals surface area contributed by atoms with E-state index in [1.165, 1.54) is 12.1 Å². The van der Waals surface area contributed by atoms with Gasteiger partial charge in [0.1, 0.15) is 28.0 Å². The second-order valence-corrected chi connectivity index (χ2v) is 6.73. The average molecular weight is 445 g/mol. The van der Waals surface area contributed by atoms with Crippen molar-refractivity contribution in [2.24, 2.45) is 7.05 Å². The molecule has 0 bridgehead atoms. The molecule has 0 radical (unpaired) electrons. The number of nitriles is 1. The zero-order valence-corrected chi connectivity index (χ0v) is 16.7. The third-order valence-electron chi connectivity index (χ3n) is 4.32. The van der Waals surface area contributed by atoms with Crippen molar-refractivity contribution in [2.45, 2.75) is 6.92 Å². The molecule has 0 spiro atoms. The van der Waals surface area contributed by atoms with Gasteiger partial charge in [-0.15, -0.1) is 0 Å². The molecule has 1 heterocycles. The molecule has 3 rings (SSSR count). The average Bonchev–Trinajstić information content (AvgIpc) is 2.93. The number of aromatic nitrogens is 1. The minimum Gasteiger partial charge on any atom is -0.461 e. The molecular weight excluding hydrogens is 430 g/mol. The molecule has 7 heteroatoms. The third kappa shape index (κ3) is 3.43. The fraction of sp³-hybridized carbons (Fsp3) is 0.143. The highest BCUT2D eigenvalue weighted by Crippen LogP contribution is 2.36. The van der Waals surface area contributed by atoms with Gasteiger partial charge >= 0.3 is 5.97 Å². The topological polar surface area (TPSA) is 55.0 Å². The third-order valence-corrected chi connectivity index (χ3v) is 5.25. The summed E-state index contributed by atoms with van der Waals surface area (Å²) in [5.41, 5.74) is 2.38. The van der Waals surface area contributed by atoms with E-state index in [1.807, 2.05) is 0 Å².